The van der Waals surface area contributed by atoms with Crippen LogP contribution in [-0.4, -0.2) is 49.6 Å². The van der Waals surface area contributed by atoms with Crippen molar-refractivity contribution in [2.75, 3.05) is 26.7 Å². The average molecular weight is 324 g/mol. The lowest BCUT2D eigenvalue weighted by Crippen LogP contribution is -2.38. The zero-order valence-electron chi connectivity index (χ0n) is 13.2. The van der Waals surface area contributed by atoms with Gasteiger partial charge in [0.15, 0.2) is 0 Å². The number of hydrogen-bond donors (Lipinski definition) is 2. The van der Waals surface area contributed by atoms with Crippen molar-refractivity contribution in [3.05, 3.63) is 35.4 Å². The molecule has 0 aromatic heterocycles. The number of benzene rings is 1. The van der Waals surface area contributed by atoms with Crippen LogP contribution in [0.25, 0.3) is 0 Å². The summed E-state index contributed by atoms with van der Waals surface area (Å²) in [6.45, 7) is 3.05. The minimum Gasteiger partial charge on any atom is -0.348 e. The second kappa shape index (κ2) is 7.95. The Morgan fingerprint density at radius 2 is 2.05 bits per heavy atom. The highest BCUT2D eigenvalue weighted by Gasteiger charge is 2.34. The van der Waals surface area contributed by atoms with E-state index in [-0.39, 0.29) is 18.3 Å². The highest BCUT2D eigenvalue weighted by molar-refractivity contribution is 5.95. The largest absolute Gasteiger partial charge is 0.348 e. The molecular weight excluding hydrogens is 298 g/mol. The normalized spacial score (nSPS) is 21.4. The highest BCUT2D eigenvalue weighted by Crippen LogP contribution is 2.29. The molecule has 1 aliphatic carbocycles. The topological polar surface area (TPSA) is 44.4 Å². The maximum Gasteiger partial charge on any atom is 0.251 e. The molecule has 1 atom stereocenters. The van der Waals surface area contributed by atoms with Gasteiger partial charge in [0.05, 0.1) is 0 Å². The number of nitrogens with zero attached hydrogens (tertiary/aromatic N) is 1. The standard InChI is InChI=1S/C17H25N3O.ClH/c1-18-10-8-13-4-2-3-5-16(13)17(21)19-14-9-11-20(12-14)15-6-7-15;/h2-5,14-15,18H,6-12H2,1H3,(H,19,21);1H. The predicted molar refractivity (Wildman–Crippen MR) is 91.8 cm³/mol. The van der Waals surface area contributed by atoms with Crippen LogP contribution in [0.5, 0.6) is 0 Å². The van der Waals surface area contributed by atoms with E-state index in [9.17, 15) is 4.79 Å². The van der Waals surface area contributed by atoms with Crippen LogP contribution in [0, 0.1) is 0 Å². The van der Waals surface area contributed by atoms with Gasteiger partial charge in [-0.05, 0) is 50.9 Å². The fraction of sp³-hybridized carbons (Fsp3) is 0.588. The quantitative estimate of drug-likeness (QED) is 0.839. The third-order valence-electron chi connectivity index (χ3n) is 4.52. The molecule has 0 spiro atoms. The molecule has 1 unspecified atom stereocenters. The lowest BCUT2D eigenvalue weighted by Gasteiger charge is -2.17. The van der Waals surface area contributed by atoms with Crippen LogP contribution in [0.3, 0.4) is 0 Å². The Balaban J connectivity index is 0.00000176. The molecule has 22 heavy (non-hydrogen) atoms. The van der Waals surface area contributed by atoms with Crippen LogP contribution in [0.1, 0.15) is 35.2 Å². The van der Waals surface area contributed by atoms with E-state index < -0.39 is 0 Å². The molecule has 0 bridgehead atoms. The summed E-state index contributed by atoms with van der Waals surface area (Å²) >= 11 is 0. The molecule has 3 rings (SSSR count). The van der Waals surface area contributed by atoms with Gasteiger partial charge >= 0.3 is 0 Å². The Morgan fingerprint density at radius 3 is 2.77 bits per heavy atom. The summed E-state index contributed by atoms with van der Waals surface area (Å²) in [5.41, 5.74) is 1.96. The maximum atomic E-state index is 12.5. The van der Waals surface area contributed by atoms with Crippen molar-refractivity contribution < 1.29 is 4.79 Å². The van der Waals surface area contributed by atoms with E-state index in [4.69, 9.17) is 0 Å². The third-order valence-corrected chi connectivity index (χ3v) is 4.52. The van der Waals surface area contributed by atoms with Gasteiger partial charge in [-0.15, -0.1) is 12.4 Å². The number of halogens is 1. The molecule has 4 nitrogen and oxygen atoms in total. The summed E-state index contributed by atoms with van der Waals surface area (Å²) < 4.78 is 0. The van der Waals surface area contributed by atoms with Gasteiger partial charge in [-0.1, -0.05) is 18.2 Å². The fourth-order valence-corrected chi connectivity index (χ4v) is 3.16. The number of carbonyl (C=O) groups excluding carboxylic acids is 1. The van der Waals surface area contributed by atoms with Crippen LogP contribution in [-0.2, 0) is 6.42 Å². The predicted octanol–water partition coefficient (Wildman–Crippen LogP) is 1.84. The lowest BCUT2D eigenvalue weighted by molar-refractivity contribution is 0.0936. The van der Waals surface area contributed by atoms with E-state index in [1.807, 2.05) is 25.2 Å². The van der Waals surface area contributed by atoms with E-state index in [1.165, 1.54) is 12.8 Å². The first-order valence-corrected chi connectivity index (χ1v) is 8.05. The molecule has 1 amide bonds. The minimum atomic E-state index is 0. The van der Waals surface area contributed by atoms with Crippen molar-refractivity contribution in [3.8, 4) is 0 Å². The van der Waals surface area contributed by atoms with Gasteiger partial charge in [0.25, 0.3) is 5.91 Å². The second-order valence-corrected chi connectivity index (χ2v) is 6.20. The van der Waals surface area contributed by atoms with E-state index in [1.54, 1.807) is 0 Å². The Kier molecular flexibility index (Phi) is 6.24. The van der Waals surface area contributed by atoms with Crippen molar-refractivity contribution in [3.63, 3.8) is 0 Å². The summed E-state index contributed by atoms with van der Waals surface area (Å²) in [6.07, 6.45) is 4.65. The van der Waals surface area contributed by atoms with E-state index in [0.717, 1.165) is 49.6 Å². The van der Waals surface area contributed by atoms with Crippen LogP contribution in [0.4, 0.5) is 0 Å². The Morgan fingerprint density at radius 1 is 1.27 bits per heavy atom. The van der Waals surface area contributed by atoms with E-state index >= 15 is 0 Å². The molecule has 1 saturated heterocycles. The lowest BCUT2D eigenvalue weighted by atomic mass is 10.0. The first kappa shape index (κ1) is 17.3. The van der Waals surface area contributed by atoms with Crippen molar-refractivity contribution in [1.82, 2.24) is 15.5 Å². The summed E-state index contributed by atoms with van der Waals surface area (Å²) in [7, 11) is 1.94. The molecule has 2 N–H and O–H groups in total. The van der Waals surface area contributed by atoms with Crippen molar-refractivity contribution in [2.24, 2.45) is 0 Å². The molecule has 1 aromatic carbocycles. The van der Waals surface area contributed by atoms with Crippen molar-refractivity contribution in [1.29, 1.82) is 0 Å². The maximum absolute atomic E-state index is 12.5. The molecular formula is C17H26ClN3O. The minimum absolute atomic E-state index is 0. The fourth-order valence-electron chi connectivity index (χ4n) is 3.16. The van der Waals surface area contributed by atoms with Crippen LogP contribution >= 0.6 is 12.4 Å². The second-order valence-electron chi connectivity index (χ2n) is 6.20. The molecule has 122 valence electrons. The summed E-state index contributed by atoms with van der Waals surface area (Å²) in [5, 5.41) is 6.37. The average Bonchev–Trinajstić information content (AvgIpc) is 3.26. The number of amides is 1. The van der Waals surface area contributed by atoms with Crippen LogP contribution in [0.2, 0.25) is 0 Å². The zero-order chi connectivity index (χ0) is 14.7. The van der Waals surface area contributed by atoms with Gasteiger partial charge in [-0.2, -0.15) is 0 Å². The number of hydrogen-bond acceptors (Lipinski definition) is 3. The molecule has 1 aliphatic heterocycles. The van der Waals surface area contributed by atoms with Gasteiger partial charge in [-0.25, -0.2) is 0 Å². The molecule has 1 saturated carbocycles. The van der Waals surface area contributed by atoms with Gasteiger partial charge in [0, 0.05) is 30.7 Å². The SMILES string of the molecule is CNCCc1ccccc1C(=O)NC1CCN(C2CC2)C1.Cl. The van der Waals surface area contributed by atoms with Crippen LogP contribution < -0.4 is 10.6 Å². The first-order chi connectivity index (χ1) is 10.3. The number of rotatable bonds is 6. The van der Waals surface area contributed by atoms with E-state index in [0.29, 0.717) is 6.04 Å². The van der Waals surface area contributed by atoms with Crippen molar-refractivity contribution >= 4 is 18.3 Å². The smallest absolute Gasteiger partial charge is 0.251 e. The van der Waals surface area contributed by atoms with Crippen LogP contribution in [0.15, 0.2) is 24.3 Å². The van der Waals surface area contributed by atoms with Gasteiger partial charge in [0.2, 0.25) is 0 Å². The number of carbonyl (C=O) groups is 1. The molecule has 0 radical (unpaired) electrons. The number of likely N-dealkylation sites (N-methyl/N-ethyl adjacent to an activating group) is 1. The van der Waals surface area contributed by atoms with Gasteiger partial charge in [-0.3, -0.25) is 9.69 Å². The number of likely N-dealkylation sites (tertiary alicyclic amines) is 1. The highest BCUT2D eigenvalue weighted by atomic mass is 35.5. The molecule has 2 aliphatic rings. The zero-order valence-corrected chi connectivity index (χ0v) is 14.0. The first-order valence-electron chi connectivity index (χ1n) is 8.05. The third kappa shape index (κ3) is 4.22. The Labute approximate surface area is 139 Å². The monoisotopic (exact) mass is 323 g/mol. The molecule has 1 aromatic rings. The molecule has 2 fully saturated rings. The Hall–Kier alpha value is -1.10. The molecule has 1 heterocycles. The number of nitrogens with one attached hydrogen (secondary N) is 2. The van der Waals surface area contributed by atoms with E-state index in [2.05, 4.69) is 21.6 Å². The molecule has 5 heteroatoms. The Bertz CT molecular complexity index is 504. The van der Waals surface area contributed by atoms with Crippen molar-refractivity contribution in [2.45, 2.75) is 37.8 Å². The van der Waals surface area contributed by atoms with Gasteiger partial charge in [0.1, 0.15) is 0 Å². The summed E-state index contributed by atoms with van der Waals surface area (Å²) in [6, 6.07) is 9.06. The summed E-state index contributed by atoms with van der Waals surface area (Å²) in [5.74, 6) is 0.0874. The van der Waals surface area contributed by atoms with Gasteiger partial charge < -0.3 is 10.6 Å². The summed E-state index contributed by atoms with van der Waals surface area (Å²) in [4.78, 5) is 15.1.